The van der Waals surface area contributed by atoms with Crippen molar-refractivity contribution in [3.8, 4) is 5.69 Å². The average molecular weight is 379 g/mol. The minimum absolute atomic E-state index is 0.152. The number of amides is 1. The summed E-state index contributed by atoms with van der Waals surface area (Å²) in [6.45, 7) is 4.78. The highest BCUT2D eigenvalue weighted by molar-refractivity contribution is 5.95. The van der Waals surface area contributed by atoms with Crippen molar-refractivity contribution in [3.05, 3.63) is 59.5 Å². The van der Waals surface area contributed by atoms with E-state index < -0.39 is 0 Å². The monoisotopic (exact) mass is 379 g/mol. The van der Waals surface area contributed by atoms with Crippen LogP contribution in [0.5, 0.6) is 0 Å². The normalized spacial score (nSPS) is 10.6. The average Bonchev–Trinajstić information content (AvgIpc) is 3.07. The van der Waals surface area contributed by atoms with E-state index in [1.807, 2.05) is 69.2 Å². The fraction of sp³-hybridized carbons (Fsp3) is 0.300. The number of carbonyl (C=O) groups is 1. The molecule has 3 aromatic rings. The number of rotatable bonds is 7. The molecule has 0 bridgehead atoms. The second kappa shape index (κ2) is 8.51. The van der Waals surface area contributed by atoms with Crippen LogP contribution in [0.1, 0.15) is 21.7 Å². The van der Waals surface area contributed by atoms with Crippen molar-refractivity contribution >= 4 is 17.7 Å². The predicted octanol–water partition coefficient (Wildman–Crippen LogP) is 2.19. The lowest BCUT2D eigenvalue weighted by Crippen LogP contribution is -2.29. The number of anilines is 2. The van der Waals surface area contributed by atoms with E-state index in [2.05, 4.69) is 25.7 Å². The van der Waals surface area contributed by atoms with Crippen LogP contribution >= 0.6 is 0 Å². The van der Waals surface area contributed by atoms with Gasteiger partial charge in [0.2, 0.25) is 5.95 Å². The van der Waals surface area contributed by atoms with E-state index in [1.165, 1.54) is 0 Å². The van der Waals surface area contributed by atoms with E-state index in [0.717, 1.165) is 22.9 Å². The Kier molecular flexibility index (Phi) is 5.88. The quantitative estimate of drug-likeness (QED) is 0.612. The lowest BCUT2D eigenvalue weighted by atomic mass is 10.2. The number of para-hydroxylation sites is 1. The molecular formula is C20H25N7O. The van der Waals surface area contributed by atoms with Gasteiger partial charge in [-0.3, -0.25) is 4.79 Å². The summed E-state index contributed by atoms with van der Waals surface area (Å²) < 4.78 is 1.76. The highest BCUT2D eigenvalue weighted by atomic mass is 16.1. The lowest BCUT2D eigenvalue weighted by molar-refractivity contribution is 0.0954. The van der Waals surface area contributed by atoms with Crippen molar-refractivity contribution in [2.45, 2.75) is 13.8 Å². The van der Waals surface area contributed by atoms with Crippen molar-refractivity contribution in [2.75, 3.05) is 37.4 Å². The summed E-state index contributed by atoms with van der Waals surface area (Å²) in [5.74, 6) is 1.23. The van der Waals surface area contributed by atoms with Crippen LogP contribution in [0.25, 0.3) is 5.69 Å². The Balaban J connectivity index is 1.56. The van der Waals surface area contributed by atoms with Crippen LogP contribution in [-0.2, 0) is 0 Å². The molecule has 0 aliphatic carbocycles. The van der Waals surface area contributed by atoms with Crippen LogP contribution in [0, 0.1) is 13.8 Å². The highest BCUT2D eigenvalue weighted by Crippen LogP contribution is 2.14. The van der Waals surface area contributed by atoms with Crippen LogP contribution in [0.15, 0.2) is 42.6 Å². The zero-order valence-corrected chi connectivity index (χ0v) is 16.6. The van der Waals surface area contributed by atoms with Crippen molar-refractivity contribution < 1.29 is 4.79 Å². The maximum Gasteiger partial charge on any atom is 0.254 e. The summed E-state index contributed by atoms with van der Waals surface area (Å²) in [5.41, 5.74) is 3.17. The van der Waals surface area contributed by atoms with Gasteiger partial charge < -0.3 is 15.5 Å². The number of carbonyl (C=O) groups excluding carboxylic acids is 1. The molecule has 28 heavy (non-hydrogen) atoms. The molecule has 1 aromatic carbocycles. The Hall–Kier alpha value is -3.42. The van der Waals surface area contributed by atoms with E-state index in [4.69, 9.17) is 0 Å². The summed E-state index contributed by atoms with van der Waals surface area (Å²) >= 11 is 0. The Morgan fingerprint density at radius 1 is 1.11 bits per heavy atom. The standard InChI is InChI=1S/C20H25N7O/c1-14-12-18(26(3)4)25-20(24-14)22-11-10-21-19(28)17-13-23-27(15(17)2)16-8-6-5-7-9-16/h5-9,12-13H,10-11H2,1-4H3,(H,21,28)(H,22,24,25). The van der Waals surface area contributed by atoms with Crippen LogP contribution in [-0.4, -0.2) is 52.8 Å². The molecule has 0 fully saturated rings. The van der Waals surface area contributed by atoms with Crippen molar-refractivity contribution in [3.63, 3.8) is 0 Å². The molecule has 0 saturated carbocycles. The predicted molar refractivity (Wildman–Crippen MR) is 110 cm³/mol. The van der Waals surface area contributed by atoms with Gasteiger partial charge in [0.15, 0.2) is 0 Å². The highest BCUT2D eigenvalue weighted by Gasteiger charge is 2.14. The smallest absolute Gasteiger partial charge is 0.254 e. The third-order valence-corrected chi connectivity index (χ3v) is 4.25. The molecule has 2 N–H and O–H groups in total. The van der Waals surface area contributed by atoms with Crippen LogP contribution in [0.4, 0.5) is 11.8 Å². The zero-order valence-electron chi connectivity index (χ0n) is 16.6. The number of aryl methyl sites for hydroxylation is 1. The van der Waals surface area contributed by atoms with Gasteiger partial charge in [0.1, 0.15) is 5.82 Å². The van der Waals surface area contributed by atoms with Gasteiger partial charge in [0.05, 0.1) is 23.1 Å². The number of nitrogens with one attached hydrogen (secondary N) is 2. The summed E-state index contributed by atoms with van der Waals surface area (Å²) in [4.78, 5) is 23.2. The molecule has 3 rings (SSSR count). The summed E-state index contributed by atoms with van der Waals surface area (Å²) in [6, 6.07) is 11.7. The van der Waals surface area contributed by atoms with Gasteiger partial charge in [-0.25, -0.2) is 9.67 Å². The van der Waals surface area contributed by atoms with Crippen LogP contribution in [0.3, 0.4) is 0 Å². The molecular weight excluding hydrogens is 354 g/mol. The Morgan fingerprint density at radius 3 is 2.57 bits per heavy atom. The van der Waals surface area contributed by atoms with E-state index in [0.29, 0.717) is 24.6 Å². The third-order valence-electron chi connectivity index (χ3n) is 4.25. The maximum absolute atomic E-state index is 12.5. The Bertz CT molecular complexity index is 950. The molecule has 8 heteroatoms. The SMILES string of the molecule is Cc1cc(N(C)C)nc(NCCNC(=O)c2cnn(-c3ccccc3)c2C)n1. The first kappa shape index (κ1) is 19.3. The first-order valence-electron chi connectivity index (χ1n) is 9.11. The Morgan fingerprint density at radius 2 is 1.86 bits per heavy atom. The van der Waals surface area contributed by atoms with E-state index >= 15 is 0 Å². The van der Waals surface area contributed by atoms with Crippen LogP contribution < -0.4 is 15.5 Å². The lowest BCUT2D eigenvalue weighted by Gasteiger charge is -2.14. The summed E-state index contributed by atoms with van der Waals surface area (Å²) in [6.07, 6.45) is 1.60. The molecule has 2 aromatic heterocycles. The van der Waals surface area contributed by atoms with Crippen molar-refractivity contribution in [1.29, 1.82) is 0 Å². The molecule has 0 spiro atoms. The maximum atomic E-state index is 12.5. The van der Waals surface area contributed by atoms with Gasteiger partial charge >= 0.3 is 0 Å². The van der Waals surface area contributed by atoms with E-state index in [9.17, 15) is 4.79 Å². The van der Waals surface area contributed by atoms with Gasteiger partial charge in [-0.2, -0.15) is 10.1 Å². The summed E-state index contributed by atoms with van der Waals surface area (Å²) in [5, 5.41) is 10.4. The van der Waals surface area contributed by atoms with Gasteiger partial charge in [-0.05, 0) is 26.0 Å². The molecule has 2 heterocycles. The fourth-order valence-electron chi connectivity index (χ4n) is 2.77. The molecule has 0 atom stereocenters. The zero-order chi connectivity index (χ0) is 20.1. The third kappa shape index (κ3) is 4.46. The number of aromatic nitrogens is 4. The van der Waals surface area contributed by atoms with Gasteiger partial charge in [0, 0.05) is 38.9 Å². The number of hydrogen-bond donors (Lipinski definition) is 2. The number of nitrogens with zero attached hydrogens (tertiary/aromatic N) is 5. The topological polar surface area (TPSA) is 88.0 Å². The fourth-order valence-corrected chi connectivity index (χ4v) is 2.77. The van der Waals surface area contributed by atoms with Crippen molar-refractivity contribution in [1.82, 2.24) is 25.1 Å². The molecule has 146 valence electrons. The largest absolute Gasteiger partial charge is 0.363 e. The molecule has 0 unspecified atom stereocenters. The van der Waals surface area contributed by atoms with Gasteiger partial charge in [-0.15, -0.1) is 0 Å². The minimum Gasteiger partial charge on any atom is -0.363 e. The molecule has 0 aliphatic rings. The molecule has 1 amide bonds. The summed E-state index contributed by atoms with van der Waals surface area (Å²) in [7, 11) is 3.87. The number of hydrogen-bond acceptors (Lipinski definition) is 6. The number of benzene rings is 1. The molecule has 0 aliphatic heterocycles. The first-order valence-corrected chi connectivity index (χ1v) is 9.11. The second-order valence-corrected chi connectivity index (χ2v) is 6.66. The van der Waals surface area contributed by atoms with Gasteiger partial charge in [0.25, 0.3) is 5.91 Å². The van der Waals surface area contributed by atoms with Gasteiger partial charge in [-0.1, -0.05) is 18.2 Å². The van der Waals surface area contributed by atoms with E-state index in [1.54, 1.807) is 10.9 Å². The minimum atomic E-state index is -0.152. The van der Waals surface area contributed by atoms with E-state index in [-0.39, 0.29) is 5.91 Å². The molecule has 0 saturated heterocycles. The molecule has 0 radical (unpaired) electrons. The molecule has 8 nitrogen and oxygen atoms in total. The first-order chi connectivity index (χ1) is 13.5. The Labute approximate surface area is 164 Å². The second-order valence-electron chi connectivity index (χ2n) is 6.66. The van der Waals surface area contributed by atoms with Crippen molar-refractivity contribution in [2.24, 2.45) is 0 Å². The van der Waals surface area contributed by atoms with Crippen LogP contribution in [0.2, 0.25) is 0 Å².